The molecule has 3 rings (SSSR count). The summed E-state index contributed by atoms with van der Waals surface area (Å²) in [7, 11) is 0. The second-order valence-corrected chi connectivity index (χ2v) is 9.61. The Morgan fingerprint density at radius 2 is 1.86 bits per heavy atom. The van der Waals surface area contributed by atoms with E-state index in [4.69, 9.17) is 4.74 Å². The first-order valence-corrected chi connectivity index (χ1v) is 8.77. The SMILES string of the molecule is CC(C)(C)OC(=O)NC1CC1NC1C2(C)CCC(C2)C1(C)C. The number of nitrogens with one attached hydrogen (secondary N) is 2. The van der Waals surface area contributed by atoms with Crippen molar-refractivity contribution in [2.45, 2.75) is 91.0 Å². The Kier molecular flexibility index (Phi) is 3.56. The lowest BCUT2D eigenvalue weighted by molar-refractivity contribution is 0.0519. The minimum Gasteiger partial charge on any atom is -0.444 e. The minimum absolute atomic E-state index is 0.230. The molecule has 0 saturated heterocycles. The highest BCUT2D eigenvalue weighted by molar-refractivity contribution is 5.68. The van der Waals surface area contributed by atoms with E-state index in [1.54, 1.807) is 0 Å². The van der Waals surface area contributed by atoms with Crippen molar-refractivity contribution in [3.8, 4) is 0 Å². The maximum atomic E-state index is 11.8. The maximum Gasteiger partial charge on any atom is 0.407 e. The summed E-state index contributed by atoms with van der Waals surface area (Å²) >= 11 is 0. The fourth-order valence-corrected chi connectivity index (χ4v) is 4.93. The molecule has 0 heterocycles. The number of hydrogen-bond donors (Lipinski definition) is 2. The monoisotopic (exact) mass is 308 g/mol. The standard InChI is InChI=1S/C18H32N2O2/c1-16(2,3)22-15(21)20-13-9-12(13)19-14-17(4,5)11-7-8-18(14,6)10-11/h11-14,19H,7-10H2,1-6H3,(H,20,21). The highest BCUT2D eigenvalue weighted by Crippen LogP contribution is 2.62. The fraction of sp³-hybridized carbons (Fsp3) is 0.944. The number of amides is 1. The van der Waals surface area contributed by atoms with Gasteiger partial charge in [0.1, 0.15) is 5.60 Å². The van der Waals surface area contributed by atoms with Crippen LogP contribution in [0.5, 0.6) is 0 Å². The van der Waals surface area contributed by atoms with Gasteiger partial charge in [0.05, 0.1) is 0 Å². The number of carbonyl (C=O) groups excluding carboxylic acids is 1. The molecule has 5 unspecified atom stereocenters. The Hall–Kier alpha value is -0.770. The topological polar surface area (TPSA) is 50.4 Å². The van der Waals surface area contributed by atoms with Gasteiger partial charge in [0, 0.05) is 18.1 Å². The summed E-state index contributed by atoms with van der Waals surface area (Å²) in [6.07, 6.45) is 4.81. The Morgan fingerprint density at radius 3 is 2.41 bits per heavy atom. The van der Waals surface area contributed by atoms with E-state index in [1.165, 1.54) is 19.3 Å². The lowest BCUT2D eigenvalue weighted by atomic mass is 9.68. The van der Waals surface area contributed by atoms with E-state index in [0.29, 0.717) is 22.9 Å². The van der Waals surface area contributed by atoms with Gasteiger partial charge < -0.3 is 15.4 Å². The van der Waals surface area contributed by atoms with Crippen molar-refractivity contribution in [3.63, 3.8) is 0 Å². The predicted octanol–water partition coefficient (Wildman–Crippen LogP) is 3.46. The smallest absolute Gasteiger partial charge is 0.407 e. The number of alkyl carbamates (subject to hydrolysis) is 1. The molecule has 126 valence electrons. The van der Waals surface area contributed by atoms with Crippen molar-refractivity contribution < 1.29 is 9.53 Å². The van der Waals surface area contributed by atoms with Gasteiger partial charge in [-0.1, -0.05) is 20.8 Å². The third kappa shape index (κ3) is 2.86. The van der Waals surface area contributed by atoms with E-state index in [1.807, 2.05) is 20.8 Å². The Labute approximate surface area is 134 Å². The highest BCUT2D eigenvalue weighted by Gasteiger charge is 2.60. The predicted molar refractivity (Wildman–Crippen MR) is 87.7 cm³/mol. The zero-order chi connectivity index (χ0) is 16.3. The van der Waals surface area contributed by atoms with Gasteiger partial charge in [-0.25, -0.2) is 4.79 Å². The number of carbonyl (C=O) groups is 1. The molecular formula is C18H32N2O2. The van der Waals surface area contributed by atoms with Crippen LogP contribution in [-0.2, 0) is 4.74 Å². The molecule has 3 fully saturated rings. The molecule has 1 amide bonds. The lowest BCUT2D eigenvalue weighted by Crippen LogP contribution is -2.52. The molecule has 2 bridgehead atoms. The zero-order valence-electron chi connectivity index (χ0n) is 15.0. The quantitative estimate of drug-likeness (QED) is 0.839. The molecule has 22 heavy (non-hydrogen) atoms. The largest absolute Gasteiger partial charge is 0.444 e. The molecule has 0 aromatic rings. The first-order chi connectivity index (χ1) is 10.0. The molecule has 0 spiro atoms. The van der Waals surface area contributed by atoms with Gasteiger partial charge in [-0.15, -0.1) is 0 Å². The molecule has 0 aromatic heterocycles. The van der Waals surface area contributed by atoms with Crippen molar-refractivity contribution in [1.82, 2.24) is 10.6 Å². The Bertz CT molecular complexity index is 463. The number of rotatable bonds is 3. The second kappa shape index (κ2) is 4.86. The summed E-state index contributed by atoms with van der Waals surface area (Å²) in [5, 5.41) is 6.86. The average molecular weight is 308 g/mol. The summed E-state index contributed by atoms with van der Waals surface area (Å²) in [6.45, 7) is 13.0. The van der Waals surface area contributed by atoms with Crippen LogP contribution >= 0.6 is 0 Å². The first kappa shape index (κ1) is 16.1. The fourth-order valence-electron chi connectivity index (χ4n) is 4.93. The summed E-state index contributed by atoms with van der Waals surface area (Å²) in [6, 6.07) is 1.20. The summed E-state index contributed by atoms with van der Waals surface area (Å²) in [5.41, 5.74) is 0.376. The lowest BCUT2D eigenvalue weighted by Gasteiger charge is -2.43. The molecule has 3 aliphatic rings. The van der Waals surface area contributed by atoms with Gasteiger partial charge >= 0.3 is 6.09 Å². The van der Waals surface area contributed by atoms with Crippen molar-refractivity contribution in [3.05, 3.63) is 0 Å². The molecule has 0 aliphatic heterocycles. The molecule has 4 nitrogen and oxygen atoms in total. The van der Waals surface area contributed by atoms with Gasteiger partial charge in [-0.05, 0) is 63.2 Å². The molecule has 4 heteroatoms. The van der Waals surface area contributed by atoms with Gasteiger partial charge in [0.2, 0.25) is 0 Å². The number of ether oxygens (including phenoxy) is 1. The Morgan fingerprint density at radius 1 is 1.18 bits per heavy atom. The van der Waals surface area contributed by atoms with Crippen LogP contribution in [0.2, 0.25) is 0 Å². The third-order valence-electron chi connectivity index (χ3n) is 6.14. The molecule has 3 aliphatic carbocycles. The van der Waals surface area contributed by atoms with E-state index in [-0.39, 0.29) is 12.1 Å². The van der Waals surface area contributed by atoms with E-state index in [2.05, 4.69) is 31.4 Å². The number of fused-ring (bicyclic) bond motifs is 2. The molecule has 0 radical (unpaired) electrons. The van der Waals surface area contributed by atoms with E-state index < -0.39 is 5.60 Å². The van der Waals surface area contributed by atoms with Gasteiger partial charge in [0.25, 0.3) is 0 Å². The molecule has 3 saturated carbocycles. The van der Waals surface area contributed by atoms with Gasteiger partial charge in [-0.3, -0.25) is 0 Å². The van der Waals surface area contributed by atoms with Crippen molar-refractivity contribution in [2.75, 3.05) is 0 Å². The van der Waals surface area contributed by atoms with Crippen LogP contribution in [0.3, 0.4) is 0 Å². The van der Waals surface area contributed by atoms with E-state index >= 15 is 0 Å². The molecule has 0 aromatic carbocycles. The van der Waals surface area contributed by atoms with Crippen molar-refractivity contribution in [2.24, 2.45) is 16.7 Å². The first-order valence-electron chi connectivity index (χ1n) is 8.77. The Balaban J connectivity index is 1.53. The third-order valence-corrected chi connectivity index (χ3v) is 6.14. The normalized spacial score (nSPS) is 42.3. The molecule has 2 N–H and O–H groups in total. The van der Waals surface area contributed by atoms with Crippen LogP contribution in [0.15, 0.2) is 0 Å². The van der Waals surface area contributed by atoms with Gasteiger partial charge in [-0.2, -0.15) is 0 Å². The number of hydrogen-bond acceptors (Lipinski definition) is 3. The maximum absolute atomic E-state index is 11.8. The van der Waals surface area contributed by atoms with Gasteiger partial charge in [0.15, 0.2) is 0 Å². The molecular weight excluding hydrogens is 276 g/mol. The minimum atomic E-state index is -0.429. The van der Waals surface area contributed by atoms with E-state index in [9.17, 15) is 4.79 Å². The second-order valence-electron chi connectivity index (χ2n) is 9.61. The van der Waals surface area contributed by atoms with Crippen molar-refractivity contribution >= 4 is 6.09 Å². The van der Waals surface area contributed by atoms with Crippen LogP contribution in [0.25, 0.3) is 0 Å². The summed E-state index contributed by atoms with van der Waals surface area (Å²) < 4.78 is 5.34. The highest BCUT2D eigenvalue weighted by atomic mass is 16.6. The van der Waals surface area contributed by atoms with E-state index in [0.717, 1.165) is 12.3 Å². The van der Waals surface area contributed by atoms with Crippen LogP contribution < -0.4 is 10.6 Å². The zero-order valence-corrected chi connectivity index (χ0v) is 15.0. The van der Waals surface area contributed by atoms with Crippen LogP contribution in [0.1, 0.15) is 67.2 Å². The van der Waals surface area contributed by atoms with Crippen LogP contribution in [-0.4, -0.2) is 29.8 Å². The van der Waals surface area contributed by atoms with Crippen LogP contribution in [0.4, 0.5) is 4.79 Å². The summed E-state index contributed by atoms with van der Waals surface area (Å²) in [4.78, 5) is 11.8. The molecule has 5 atom stereocenters. The average Bonchev–Trinajstić information content (AvgIpc) is 2.85. The van der Waals surface area contributed by atoms with Crippen LogP contribution in [0, 0.1) is 16.7 Å². The van der Waals surface area contributed by atoms with Crippen molar-refractivity contribution in [1.29, 1.82) is 0 Å². The summed E-state index contributed by atoms with van der Waals surface area (Å²) in [5.74, 6) is 0.853.